The molecular weight excluding hydrogens is 512 g/mol. The van der Waals surface area contributed by atoms with E-state index in [1.54, 1.807) is 12.1 Å². The molecule has 0 saturated heterocycles. The lowest BCUT2D eigenvalue weighted by Crippen LogP contribution is -2.54. The molecule has 0 spiro atoms. The lowest BCUT2D eigenvalue weighted by atomic mass is 9.78. The van der Waals surface area contributed by atoms with Gasteiger partial charge in [0.15, 0.2) is 11.3 Å². The Kier molecular flexibility index (Phi) is 5.37. The van der Waals surface area contributed by atoms with E-state index in [4.69, 9.17) is 0 Å². The molecule has 0 bridgehead atoms. The number of nitrogens with one attached hydrogen (secondary N) is 3. The van der Waals surface area contributed by atoms with Gasteiger partial charge in [-0.2, -0.15) is 0 Å². The average molecular weight is 541 g/mol. The molecule has 0 aromatic heterocycles. The van der Waals surface area contributed by atoms with E-state index in [1.807, 2.05) is 48.5 Å². The van der Waals surface area contributed by atoms with Crippen molar-refractivity contribution < 1.29 is 30.6 Å². The molecule has 1 aliphatic carbocycles. The van der Waals surface area contributed by atoms with Gasteiger partial charge in [0.1, 0.15) is 11.9 Å². The largest absolute Gasteiger partial charge is 0.507 e. The molecule has 9 N–H and O–H groups in total. The van der Waals surface area contributed by atoms with Gasteiger partial charge in [-0.1, -0.05) is 36.4 Å². The molecular formula is C30H28N4O6. The number of hydrogen-bond donors (Lipinski definition) is 9. The van der Waals surface area contributed by atoms with Crippen LogP contribution >= 0.6 is 0 Å². The van der Waals surface area contributed by atoms with Gasteiger partial charge >= 0.3 is 0 Å². The zero-order valence-electron chi connectivity index (χ0n) is 21.3. The van der Waals surface area contributed by atoms with Crippen LogP contribution < -0.4 is 26.5 Å². The Morgan fingerprint density at radius 2 is 1.32 bits per heavy atom. The SMILES string of the molecule is OCC1(CO)N=c2cc/c(=C3\C(O)=C(c4ccc5c6c(cccc46)NC(CO)(CO)N5)C3O)c3cccc(c23)N1. The Hall–Kier alpha value is -4.19. The summed E-state index contributed by atoms with van der Waals surface area (Å²) in [6, 6.07) is 18.4. The van der Waals surface area contributed by atoms with Gasteiger partial charge in [-0.3, -0.25) is 4.99 Å². The van der Waals surface area contributed by atoms with Crippen LogP contribution in [0.2, 0.25) is 0 Å². The molecule has 0 radical (unpaired) electrons. The van der Waals surface area contributed by atoms with Gasteiger partial charge < -0.3 is 46.6 Å². The first-order valence-corrected chi connectivity index (χ1v) is 13.0. The number of aliphatic hydroxyl groups excluding tert-OH is 6. The summed E-state index contributed by atoms with van der Waals surface area (Å²) in [5.74, 6) is -0.00790. The van der Waals surface area contributed by atoms with Crippen LogP contribution in [-0.4, -0.2) is 74.5 Å². The molecule has 10 heteroatoms. The Balaban J connectivity index is 1.42. The standard InChI is InChI=1S/C30H28N4O6/c35-11-29(12-36)31-19-5-1-3-15-17(7-9-21(33-29)23(15)19)25-27(39)26(28(25)40)18-8-10-22-24-16(18)4-2-6-20(24)32-30(13-37,14-38)34-22/h1-10,27,31-33,35-40H,11-14H2/b26-18+. The molecule has 2 heterocycles. The summed E-state index contributed by atoms with van der Waals surface area (Å²) >= 11 is 0. The van der Waals surface area contributed by atoms with Crippen molar-refractivity contribution in [3.05, 3.63) is 82.6 Å². The van der Waals surface area contributed by atoms with Crippen molar-refractivity contribution >= 4 is 49.8 Å². The molecule has 40 heavy (non-hydrogen) atoms. The highest BCUT2D eigenvalue weighted by molar-refractivity contribution is 6.13. The van der Waals surface area contributed by atoms with E-state index in [1.165, 1.54) is 0 Å². The van der Waals surface area contributed by atoms with Crippen LogP contribution in [0.4, 0.5) is 17.1 Å². The molecule has 4 aromatic carbocycles. The van der Waals surface area contributed by atoms with E-state index in [0.29, 0.717) is 33.0 Å². The van der Waals surface area contributed by atoms with Gasteiger partial charge in [-0.25, -0.2) is 0 Å². The second-order valence-electron chi connectivity index (χ2n) is 10.6. The van der Waals surface area contributed by atoms with Gasteiger partial charge in [0.2, 0.25) is 0 Å². The molecule has 4 aromatic rings. The van der Waals surface area contributed by atoms with Crippen LogP contribution in [-0.2, 0) is 0 Å². The summed E-state index contributed by atoms with van der Waals surface area (Å²) in [7, 11) is 0. The highest BCUT2D eigenvalue weighted by Crippen LogP contribution is 2.46. The van der Waals surface area contributed by atoms with Crippen LogP contribution in [0, 0.1) is 0 Å². The van der Waals surface area contributed by atoms with Gasteiger partial charge in [-0.15, -0.1) is 0 Å². The van der Waals surface area contributed by atoms with Gasteiger partial charge in [0.05, 0.1) is 31.8 Å². The molecule has 7 rings (SSSR count). The highest BCUT2D eigenvalue weighted by atomic mass is 16.3. The highest BCUT2D eigenvalue weighted by Gasteiger charge is 2.39. The van der Waals surface area contributed by atoms with Crippen LogP contribution in [0.1, 0.15) is 5.56 Å². The number of aliphatic hydroxyl groups is 6. The lowest BCUT2D eigenvalue weighted by molar-refractivity contribution is 0.138. The maximum atomic E-state index is 11.4. The zero-order valence-corrected chi connectivity index (χ0v) is 21.3. The van der Waals surface area contributed by atoms with Crippen molar-refractivity contribution in [2.75, 3.05) is 42.4 Å². The van der Waals surface area contributed by atoms with Crippen molar-refractivity contribution in [3.8, 4) is 0 Å². The Morgan fingerprint density at radius 3 is 1.98 bits per heavy atom. The number of anilines is 3. The van der Waals surface area contributed by atoms with Crippen molar-refractivity contribution in [1.29, 1.82) is 0 Å². The first-order chi connectivity index (χ1) is 19.4. The van der Waals surface area contributed by atoms with Crippen LogP contribution in [0.5, 0.6) is 0 Å². The third-order valence-electron chi connectivity index (χ3n) is 8.21. The molecule has 1 unspecified atom stereocenters. The Bertz CT molecular complexity index is 1860. The topological polar surface area (TPSA) is 170 Å². The summed E-state index contributed by atoms with van der Waals surface area (Å²) in [6.07, 6.45) is -1.06. The van der Waals surface area contributed by atoms with E-state index < -0.39 is 17.4 Å². The first kappa shape index (κ1) is 24.8. The number of hydrogen-bond acceptors (Lipinski definition) is 10. The van der Waals surface area contributed by atoms with E-state index >= 15 is 0 Å². The van der Waals surface area contributed by atoms with E-state index in [0.717, 1.165) is 32.9 Å². The van der Waals surface area contributed by atoms with Crippen molar-refractivity contribution in [2.45, 2.75) is 17.4 Å². The summed E-state index contributed by atoms with van der Waals surface area (Å²) in [6.45, 7) is -1.43. The fourth-order valence-electron chi connectivity index (χ4n) is 6.15. The summed E-state index contributed by atoms with van der Waals surface area (Å²) in [5.41, 5.74) is 1.27. The van der Waals surface area contributed by atoms with Crippen LogP contribution in [0.25, 0.3) is 32.7 Å². The van der Waals surface area contributed by atoms with Crippen molar-refractivity contribution in [3.63, 3.8) is 0 Å². The minimum absolute atomic E-state index is 0.00790. The lowest BCUT2D eigenvalue weighted by Gasteiger charge is -2.39. The Labute approximate surface area is 227 Å². The molecule has 1 atom stereocenters. The molecule has 2 aliphatic heterocycles. The predicted octanol–water partition coefficient (Wildman–Crippen LogP) is 0.732. The third-order valence-corrected chi connectivity index (χ3v) is 8.21. The first-order valence-electron chi connectivity index (χ1n) is 13.0. The van der Waals surface area contributed by atoms with E-state index in [2.05, 4.69) is 20.9 Å². The molecule has 10 nitrogen and oxygen atoms in total. The van der Waals surface area contributed by atoms with Gasteiger partial charge in [0, 0.05) is 39.0 Å². The molecule has 204 valence electrons. The predicted molar refractivity (Wildman–Crippen MR) is 152 cm³/mol. The number of benzene rings is 4. The quantitative estimate of drug-likeness (QED) is 0.177. The van der Waals surface area contributed by atoms with Gasteiger partial charge in [-0.05, 0) is 45.8 Å². The normalized spacial score (nSPS) is 21.3. The van der Waals surface area contributed by atoms with Crippen LogP contribution in [0.15, 0.2) is 71.4 Å². The zero-order chi connectivity index (χ0) is 27.8. The summed E-state index contributed by atoms with van der Waals surface area (Å²) in [5, 5.41) is 76.3. The van der Waals surface area contributed by atoms with E-state index in [-0.39, 0.29) is 32.2 Å². The maximum Gasteiger partial charge on any atom is 0.176 e. The minimum atomic E-state index is -1.23. The monoisotopic (exact) mass is 540 g/mol. The second kappa shape index (κ2) is 8.65. The fourth-order valence-corrected chi connectivity index (χ4v) is 6.15. The molecule has 0 amide bonds. The summed E-state index contributed by atoms with van der Waals surface area (Å²) in [4.78, 5) is 4.56. The van der Waals surface area contributed by atoms with E-state index in [9.17, 15) is 30.6 Å². The molecule has 3 aliphatic rings. The second-order valence-corrected chi connectivity index (χ2v) is 10.6. The summed E-state index contributed by atoms with van der Waals surface area (Å²) < 4.78 is 0. The van der Waals surface area contributed by atoms with Gasteiger partial charge in [0.25, 0.3) is 0 Å². The maximum absolute atomic E-state index is 11.4. The smallest absolute Gasteiger partial charge is 0.176 e. The fraction of sp³-hybridized carbons (Fsp3) is 0.233. The van der Waals surface area contributed by atoms with Crippen LogP contribution in [0.3, 0.4) is 0 Å². The third kappa shape index (κ3) is 3.25. The Morgan fingerprint density at radius 1 is 0.675 bits per heavy atom. The van der Waals surface area contributed by atoms with Crippen molar-refractivity contribution in [1.82, 2.24) is 0 Å². The average Bonchev–Trinajstić information content (AvgIpc) is 2.99. The molecule has 0 saturated carbocycles. The molecule has 0 fully saturated rings. The number of rotatable bonds is 5. The minimum Gasteiger partial charge on any atom is -0.507 e. The van der Waals surface area contributed by atoms with Crippen molar-refractivity contribution in [2.24, 2.45) is 4.99 Å². The number of nitrogens with zero attached hydrogens (tertiary/aromatic N) is 1.